The van der Waals surface area contributed by atoms with Crippen molar-refractivity contribution < 1.29 is 17.9 Å². The first-order chi connectivity index (χ1) is 6.31. The van der Waals surface area contributed by atoms with E-state index in [1.165, 1.54) is 0 Å². The first-order valence-corrected chi connectivity index (χ1v) is 4.00. The van der Waals surface area contributed by atoms with Crippen LogP contribution in [-0.4, -0.2) is 10.6 Å². The monoisotopic (exact) mass is 205 g/mol. The van der Waals surface area contributed by atoms with Crippen molar-refractivity contribution in [3.8, 4) is 5.75 Å². The number of aromatic nitrogens is 1. The predicted octanol–water partition coefficient (Wildman–Crippen LogP) is 2.68. The van der Waals surface area contributed by atoms with Crippen LogP contribution in [0, 0.1) is 17.6 Å². The van der Waals surface area contributed by atoms with Crippen molar-refractivity contribution in [1.29, 1.82) is 0 Å². The molecule has 0 N–H and O–H groups in total. The summed E-state index contributed by atoms with van der Waals surface area (Å²) in [5.74, 6) is -4.52. The van der Waals surface area contributed by atoms with Gasteiger partial charge in [-0.3, -0.25) is 0 Å². The van der Waals surface area contributed by atoms with Crippen molar-refractivity contribution in [2.75, 3.05) is 0 Å². The molecule has 0 atom stereocenters. The molecule has 78 valence electrons. The standard InChI is InChI=1S/C9H10F3NO/c1-9(2,3)14-7-5(10)4-13-8(12)6(7)11/h4H,1-3H3. The highest BCUT2D eigenvalue weighted by Gasteiger charge is 2.22. The maximum absolute atomic E-state index is 13.0. The number of ether oxygens (including phenoxy) is 1. The van der Waals surface area contributed by atoms with Gasteiger partial charge in [0.25, 0.3) is 5.95 Å². The molecule has 0 aromatic carbocycles. The first kappa shape index (κ1) is 10.8. The van der Waals surface area contributed by atoms with E-state index in [2.05, 4.69) is 4.98 Å². The molecule has 1 rings (SSSR count). The largest absolute Gasteiger partial charge is 0.482 e. The molecular weight excluding hydrogens is 195 g/mol. The number of rotatable bonds is 1. The fourth-order valence-electron chi connectivity index (χ4n) is 0.827. The molecule has 0 spiro atoms. The third-order valence-corrected chi connectivity index (χ3v) is 1.30. The lowest BCUT2D eigenvalue weighted by Crippen LogP contribution is -2.24. The maximum Gasteiger partial charge on any atom is 0.253 e. The number of hydrogen-bond acceptors (Lipinski definition) is 2. The topological polar surface area (TPSA) is 22.1 Å². The highest BCUT2D eigenvalue weighted by molar-refractivity contribution is 5.23. The first-order valence-electron chi connectivity index (χ1n) is 4.00. The van der Waals surface area contributed by atoms with Gasteiger partial charge in [-0.25, -0.2) is 9.37 Å². The Morgan fingerprint density at radius 1 is 1.21 bits per heavy atom. The van der Waals surface area contributed by atoms with Crippen LogP contribution in [0.4, 0.5) is 13.2 Å². The summed E-state index contributed by atoms with van der Waals surface area (Å²) in [6.45, 7) is 4.80. The smallest absolute Gasteiger partial charge is 0.253 e. The molecule has 0 unspecified atom stereocenters. The minimum Gasteiger partial charge on any atom is -0.482 e. The van der Waals surface area contributed by atoms with E-state index in [9.17, 15) is 13.2 Å². The summed E-state index contributed by atoms with van der Waals surface area (Å²) in [6, 6.07) is 0. The molecule has 14 heavy (non-hydrogen) atoms. The zero-order valence-electron chi connectivity index (χ0n) is 8.07. The fourth-order valence-corrected chi connectivity index (χ4v) is 0.827. The molecule has 2 nitrogen and oxygen atoms in total. The molecule has 1 aromatic rings. The Bertz CT molecular complexity index is 347. The van der Waals surface area contributed by atoms with E-state index in [0.29, 0.717) is 6.20 Å². The average molecular weight is 205 g/mol. The van der Waals surface area contributed by atoms with Gasteiger partial charge in [0, 0.05) is 0 Å². The SMILES string of the molecule is CC(C)(C)Oc1c(F)cnc(F)c1F. The van der Waals surface area contributed by atoms with Gasteiger partial charge in [0.15, 0.2) is 11.6 Å². The van der Waals surface area contributed by atoms with Gasteiger partial charge in [-0.2, -0.15) is 8.78 Å². The van der Waals surface area contributed by atoms with Crippen molar-refractivity contribution in [1.82, 2.24) is 4.98 Å². The molecule has 0 saturated carbocycles. The van der Waals surface area contributed by atoms with E-state index < -0.39 is 28.9 Å². The second-order valence-electron chi connectivity index (χ2n) is 3.75. The Morgan fingerprint density at radius 3 is 2.29 bits per heavy atom. The Kier molecular flexibility index (Phi) is 2.69. The molecule has 0 saturated heterocycles. The lowest BCUT2D eigenvalue weighted by molar-refractivity contribution is 0.115. The van der Waals surface area contributed by atoms with Crippen LogP contribution in [0.3, 0.4) is 0 Å². The normalized spacial score (nSPS) is 11.6. The number of halogens is 3. The zero-order valence-corrected chi connectivity index (χ0v) is 8.07. The Morgan fingerprint density at radius 2 is 1.79 bits per heavy atom. The van der Waals surface area contributed by atoms with Gasteiger partial charge in [0.05, 0.1) is 6.20 Å². The van der Waals surface area contributed by atoms with Gasteiger partial charge in [-0.1, -0.05) is 0 Å². The maximum atomic E-state index is 13.0. The fraction of sp³-hybridized carbons (Fsp3) is 0.444. The van der Waals surface area contributed by atoms with Crippen molar-refractivity contribution in [3.05, 3.63) is 23.8 Å². The van der Waals surface area contributed by atoms with Crippen LogP contribution < -0.4 is 4.74 Å². The third-order valence-electron chi connectivity index (χ3n) is 1.30. The summed E-state index contributed by atoms with van der Waals surface area (Å²) in [7, 11) is 0. The van der Waals surface area contributed by atoms with E-state index in [-0.39, 0.29) is 0 Å². The molecule has 5 heteroatoms. The summed E-state index contributed by atoms with van der Waals surface area (Å²) < 4.78 is 43.5. The zero-order chi connectivity index (χ0) is 10.9. The molecule has 0 radical (unpaired) electrons. The van der Waals surface area contributed by atoms with E-state index in [0.717, 1.165) is 0 Å². The third kappa shape index (κ3) is 2.37. The number of hydrogen-bond donors (Lipinski definition) is 0. The van der Waals surface area contributed by atoms with Gasteiger partial charge in [0.2, 0.25) is 5.82 Å². The van der Waals surface area contributed by atoms with Crippen molar-refractivity contribution >= 4 is 0 Å². The molecule has 0 fully saturated rings. The summed E-state index contributed by atoms with van der Waals surface area (Å²) in [5, 5.41) is 0. The van der Waals surface area contributed by atoms with Crippen LogP contribution in [-0.2, 0) is 0 Å². The minimum atomic E-state index is -1.40. The summed E-state index contributed by atoms with van der Waals surface area (Å²) >= 11 is 0. The van der Waals surface area contributed by atoms with Crippen LogP contribution >= 0.6 is 0 Å². The van der Waals surface area contributed by atoms with Crippen LogP contribution in [0.2, 0.25) is 0 Å². The van der Waals surface area contributed by atoms with Gasteiger partial charge in [0.1, 0.15) is 5.60 Å². The minimum absolute atomic E-state index is 0.583. The van der Waals surface area contributed by atoms with Crippen molar-refractivity contribution in [3.63, 3.8) is 0 Å². The molecule has 0 amide bonds. The van der Waals surface area contributed by atoms with Crippen molar-refractivity contribution in [2.24, 2.45) is 0 Å². The van der Waals surface area contributed by atoms with E-state index in [1.54, 1.807) is 20.8 Å². The molecule has 0 bridgehead atoms. The molecular formula is C9H10F3NO. The van der Waals surface area contributed by atoms with E-state index in [4.69, 9.17) is 4.74 Å². The molecule has 0 aliphatic rings. The predicted molar refractivity (Wildman–Crippen MR) is 44.5 cm³/mol. The Hall–Kier alpha value is -1.26. The average Bonchev–Trinajstić information content (AvgIpc) is 2.04. The lowest BCUT2D eigenvalue weighted by Gasteiger charge is -2.21. The van der Waals surface area contributed by atoms with Crippen LogP contribution in [0.15, 0.2) is 6.20 Å². The highest BCUT2D eigenvalue weighted by atomic mass is 19.2. The Labute approximate surface area is 79.7 Å². The van der Waals surface area contributed by atoms with Crippen LogP contribution in [0.1, 0.15) is 20.8 Å². The van der Waals surface area contributed by atoms with E-state index in [1.807, 2.05) is 0 Å². The quantitative estimate of drug-likeness (QED) is 0.657. The van der Waals surface area contributed by atoms with Crippen LogP contribution in [0.5, 0.6) is 5.75 Å². The summed E-state index contributed by atoms with van der Waals surface area (Å²) in [5.41, 5.74) is -0.796. The molecule has 0 aliphatic carbocycles. The molecule has 0 aliphatic heterocycles. The Balaban J connectivity index is 3.13. The van der Waals surface area contributed by atoms with Gasteiger partial charge in [-0.15, -0.1) is 0 Å². The second kappa shape index (κ2) is 3.48. The van der Waals surface area contributed by atoms with Crippen LogP contribution in [0.25, 0.3) is 0 Å². The number of pyridine rings is 1. The molecule has 1 heterocycles. The summed E-state index contributed by atoms with van der Waals surface area (Å²) in [4.78, 5) is 2.87. The van der Waals surface area contributed by atoms with Gasteiger partial charge >= 0.3 is 0 Å². The molecule has 1 aromatic heterocycles. The van der Waals surface area contributed by atoms with E-state index >= 15 is 0 Å². The van der Waals surface area contributed by atoms with Gasteiger partial charge < -0.3 is 4.74 Å². The summed E-state index contributed by atoms with van der Waals surface area (Å²) in [6.07, 6.45) is 0.583. The van der Waals surface area contributed by atoms with Gasteiger partial charge in [-0.05, 0) is 20.8 Å². The lowest BCUT2D eigenvalue weighted by atomic mass is 10.2. The highest BCUT2D eigenvalue weighted by Crippen LogP contribution is 2.25. The van der Waals surface area contributed by atoms with Crippen molar-refractivity contribution in [2.45, 2.75) is 26.4 Å². The number of nitrogens with zero attached hydrogens (tertiary/aromatic N) is 1. The second-order valence-corrected chi connectivity index (χ2v) is 3.75.